The molecule has 37 heavy (non-hydrogen) atoms. The second-order valence-electron chi connectivity index (χ2n) is 6.96. The van der Waals surface area contributed by atoms with Gasteiger partial charge in [0, 0.05) is 5.69 Å². The summed E-state index contributed by atoms with van der Waals surface area (Å²) in [5.74, 6) is -1.65. The number of halogens is 4. The van der Waals surface area contributed by atoms with Crippen LogP contribution in [0.15, 0.2) is 64.9 Å². The first-order chi connectivity index (χ1) is 17.4. The second-order valence-corrected chi connectivity index (χ2v) is 10.6. The van der Waals surface area contributed by atoms with Crippen molar-refractivity contribution in [3.63, 3.8) is 0 Å². The Balaban J connectivity index is 0.000000479. The number of nitrogens with one attached hydrogen (secondary N) is 2. The number of thiophene rings is 1. The SMILES string of the molecule is CCOc1ccc(Nc2nc3ccccc3nc2NS(=O)(=O)c2ccc(Cl)s2)cc1.O=C(O)C(F)(F)F. The lowest BCUT2D eigenvalue weighted by molar-refractivity contribution is -0.192. The normalized spacial score (nSPS) is 11.4. The van der Waals surface area contributed by atoms with E-state index in [4.69, 9.17) is 26.2 Å². The number of hydrogen-bond donors (Lipinski definition) is 3. The van der Waals surface area contributed by atoms with Crippen molar-refractivity contribution in [2.45, 2.75) is 17.3 Å². The smallest absolute Gasteiger partial charge is 0.490 e. The van der Waals surface area contributed by atoms with E-state index in [1.54, 1.807) is 6.07 Å². The van der Waals surface area contributed by atoms with Gasteiger partial charge >= 0.3 is 12.1 Å². The van der Waals surface area contributed by atoms with Crippen molar-refractivity contribution in [1.29, 1.82) is 0 Å². The number of aliphatic carboxylic acids is 1. The van der Waals surface area contributed by atoms with E-state index in [2.05, 4.69) is 20.0 Å². The van der Waals surface area contributed by atoms with Crippen molar-refractivity contribution in [3.8, 4) is 5.75 Å². The Hall–Kier alpha value is -3.62. The Kier molecular flexibility index (Phi) is 8.78. The van der Waals surface area contributed by atoms with E-state index in [-0.39, 0.29) is 15.8 Å². The van der Waals surface area contributed by atoms with Gasteiger partial charge in [-0.05, 0) is 55.5 Å². The molecule has 0 fully saturated rings. The molecule has 15 heteroatoms. The van der Waals surface area contributed by atoms with Crippen molar-refractivity contribution in [1.82, 2.24) is 9.97 Å². The number of carboxylic acid groups (broad SMARTS) is 1. The van der Waals surface area contributed by atoms with E-state index < -0.39 is 22.2 Å². The minimum Gasteiger partial charge on any atom is -0.494 e. The lowest BCUT2D eigenvalue weighted by Gasteiger charge is -2.13. The largest absolute Gasteiger partial charge is 0.494 e. The number of anilines is 3. The number of rotatable bonds is 7. The van der Waals surface area contributed by atoms with Crippen LogP contribution in [0.5, 0.6) is 5.75 Å². The summed E-state index contributed by atoms with van der Waals surface area (Å²) in [6.07, 6.45) is -5.08. The molecule has 4 aromatic rings. The highest BCUT2D eigenvalue weighted by atomic mass is 35.5. The zero-order chi connectivity index (χ0) is 27.2. The molecule has 4 rings (SSSR count). The molecule has 2 aromatic heterocycles. The first kappa shape index (κ1) is 28.0. The fourth-order valence-corrected chi connectivity index (χ4v) is 5.21. The van der Waals surface area contributed by atoms with Gasteiger partial charge in [-0.3, -0.25) is 4.72 Å². The van der Waals surface area contributed by atoms with Crippen LogP contribution < -0.4 is 14.8 Å². The predicted molar refractivity (Wildman–Crippen MR) is 134 cm³/mol. The average molecular weight is 575 g/mol. The zero-order valence-corrected chi connectivity index (χ0v) is 21.2. The fraction of sp³-hybridized carbons (Fsp3) is 0.136. The van der Waals surface area contributed by atoms with Crippen molar-refractivity contribution >= 4 is 67.3 Å². The molecule has 0 unspecified atom stereocenters. The van der Waals surface area contributed by atoms with E-state index in [0.717, 1.165) is 17.1 Å². The number of benzene rings is 2. The van der Waals surface area contributed by atoms with Gasteiger partial charge in [-0.25, -0.2) is 23.2 Å². The van der Waals surface area contributed by atoms with Crippen LogP contribution in [-0.2, 0) is 14.8 Å². The highest BCUT2D eigenvalue weighted by Gasteiger charge is 2.38. The van der Waals surface area contributed by atoms with Crippen LogP contribution in [0.3, 0.4) is 0 Å². The molecule has 0 saturated carbocycles. The number of alkyl halides is 3. The van der Waals surface area contributed by atoms with Crippen LogP contribution in [0.2, 0.25) is 4.34 Å². The Morgan fingerprint density at radius 2 is 1.59 bits per heavy atom. The summed E-state index contributed by atoms with van der Waals surface area (Å²) in [7, 11) is -3.87. The van der Waals surface area contributed by atoms with Crippen molar-refractivity contribution in [3.05, 3.63) is 65.0 Å². The van der Waals surface area contributed by atoms with Gasteiger partial charge in [0.15, 0.2) is 11.6 Å². The molecule has 196 valence electrons. The molecule has 0 aliphatic rings. The average Bonchev–Trinajstić information content (AvgIpc) is 3.28. The van der Waals surface area contributed by atoms with Gasteiger partial charge in [-0.2, -0.15) is 13.2 Å². The molecule has 0 amide bonds. The van der Waals surface area contributed by atoms with Gasteiger partial charge < -0.3 is 15.2 Å². The van der Waals surface area contributed by atoms with E-state index in [1.165, 1.54) is 12.1 Å². The summed E-state index contributed by atoms with van der Waals surface area (Å²) in [6, 6.07) is 17.5. The zero-order valence-electron chi connectivity index (χ0n) is 18.8. The number of nitrogens with zero attached hydrogens (tertiary/aromatic N) is 2. The molecule has 3 N–H and O–H groups in total. The van der Waals surface area contributed by atoms with Gasteiger partial charge in [-0.1, -0.05) is 23.7 Å². The van der Waals surface area contributed by atoms with Gasteiger partial charge in [0.1, 0.15) is 9.96 Å². The van der Waals surface area contributed by atoms with Crippen molar-refractivity contribution in [2.24, 2.45) is 0 Å². The second kappa shape index (κ2) is 11.6. The number of sulfonamides is 1. The Morgan fingerprint density at radius 3 is 2.08 bits per heavy atom. The molecule has 2 heterocycles. The highest BCUT2D eigenvalue weighted by molar-refractivity contribution is 7.94. The van der Waals surface area contributed by atoms with Crippen LogP contribution >= 0.6 is 22.9 Å². The lowest BCUT2D eigenvalue weighted by atomic mass is 10.3. The summed E-state index contributed by atoms with van der Waals surface area (Å²) in [6.45, 7) is 2.48. The maximum Gasteiger partial charge on any atom is 0.490 e. The maximum absolute atomic E-state index is 12.8. The standard InChI is InChI=1S/C20H17ClN4O3S2.C2HF3O2/c1-2-28-14-9-7-13(8-10-14)22-19-20(24-16-6-4-3-5-15(16)23-19)25-30(26,27)18-12-11-17(21)29-18;3-2(4,5)1(6)7/h3-12H,2H2,1H3,(H,22,23)(H,24,25);(H,6,7). The van der Waals surface area contributed by atoms with Crippen LogP contribution in [0.1, 0.15) is 6.92 Å². The molecular formula is C22H18ClF3N4O5S2. The van der Waals surface area contributed by atoms with E-state index >= 15 is 0 Å². The monoisotopic (exact) mass is 574 g/mol. The minimum atomic E-state index is -5.08. The summed E-state index contributed by atoms with van der Waals surface area (Å²) >= 11 is 6.86. The molecule has 9 nitrogen and oxygen atoms in total. The van der Waals surface area contributed by atoms with E-state index in [9.17, 15) is 21.6 Å². The van der Waals surface area contributed by atoms with E-state index in [0.29, 0.717) is 27.7 Å². The minimum absolute atomic E-state index is 0.0899. The first-order valence-electron chi connectivity index (χ1n) is 10.2. The molecule has 0 spiro atoms. The van der Waals surface area contributed by atoms with E-state index in [1.807, 2.05) is 49.4 Å². The third-order valence-corrected chi connectivity index (χ3v) is 7.35. The molecule has 0 radical (unpaired) electrons. The summed E-state index contributed by atoms with van der Waals surface area (Å²) in [5, 5.41) is 10.3. The molecule has 0 atom stereocenters. The first-order valence-corrected chi connectivity index (χ1v) is 12.9. The molecule has 0 bridgehead atoms. The van der Waals surface area contributed by atoms with Crippen LogP contribution in [0, 0.1) is 0 Å². The summed E-state index contributed by atoms with van der Waals surface area (Å²) in [5.41, 5.74) is 1.91. The number of carbonyl (C=O) groups is 1. The number of ether oxygens (including phenoxy) is 1. The topological polar surface area (TPSA) is 131 Å². The Labute approximate surface area is 218 Å². The quantitative estimate of drug-likeness (QED) is 0.248. The number of aromatic nitrogens is 2. The fourth-order valence-electron chi connectivity index (χ4n) is 2.72. The number of hydrogen-bond acceptors (Lipinski definition) is 8. The van der Waals surface area contributed by atoms with Gasteiger partial charge in [-0.15, -0.1) is 11.3 Å². The van der Waals surface area contributed by atoms with Gasteiger partial charge in [0.05, 0.1) is 22.0 Å². The lowest BCUT2D eigenvalue weighted by Crippen LogP contribution is -2.21. The van der Waals surface area contributed by atoms with Crippen molar-refractivity contribution in [2.75, 3.05) is 16.6 Å². The summed E-state index contributed by atoms with van der Waals surface area (Å²) in [4.78, 5) is 17.9. The Morgan fingerprint density at radius 1 is 1.03 bits per heavy atom. The molecule has 0 aliphatic heterocycles. The molecule has 0 aliphatic carbocycles. The van der Waals surface area contributed by atoms with Crippen LogP contribution in [0.4, 0.5) is 30.5 Å². The molecular weight excluding hydrogens is 557 g/mol. The van der Waals surface area contributed by atoms with Gasteiger partial charge in [0.2, 0.25) is 0 Å². The van der Waals surface area contributed by atoms with Crippen molar-refractivity contribution < 1.29 is 36.2 Å². The third-order valence-electron chi connectivity index (χ3n) is 4.29. The van der Waals surface area contributed by atoms with Crippen LogP contribution in [-0.4, -0.2) is 42.2 Å². The predicted octanol–water partition coefficient (Wildman–Crippen LogP) is 5.92. The van der Waals surface area contributed by atoms with Gasteiger partial charge in [0.25, 0.3) is 10.0 Å². The molecule has 2 aromatic carbocycles. The molecule has 0 saturated heterocycles. The Bertz CT molecular complexity index is 1500. The third kappa shape index (κ3) is 7.68. The number of para-hydroxylation sites is 2. The summed E-state index contributed by atoms with van der Waals surface area (Å²) < 4.78 is 65.8. The maximum atomic E-state index is 12.8. The van der Waals surface area contributed by atoms with Crippen LogP contribution in [0.25, 0.3) is 11.0 Å². The highest BCUT2D eigenvalue weighted by Crippen LogP contribution is 2.31. The number of fused-ring (bicyclic) bond motifs is 1. The number of carboxylic acids is 1.